The minimum Gasteiger partial charge on any atom is -0.496 e. The molecule has 2 aromatic rings. The van der Waals surface area contributed by atoms with Crippen LogP contribution in [0.15, 0.2) is 52.3 Å². The zero-order valence-corrected chi connectivity index (χ0v) is 11.8. The van der Waals surface area contributed by atoms with E-state index in [1.54, 1.807) is 24.3 Å². The number of alkyl halides is 3. The molecule has 0 N–H and O–H groups in total. The Bertz CT molecular complexity index is 654. The fraction of sp³-hybridized carbons (Fsp3) is 0.133. The Kier molecular flexibility index (Phi) is 4.57. The lowest BCUT2D eigenvalue weighted by Crippen LogP contribution is -2.07. The zero-order chi connectivity index (χ0) is 15.5. The summed E-state index contributed by atoms with van der Waals surface area (Å²) < 4.78 is 44.4. The van der Waals surface area contributed by atoms with Gasteiger partial charge < -0.3 is 4.74 Å². The Morgan fingerprint density at radius 2 is 1.81 bits per heavy atom. The highest BCUT2D eigenvalue weighted by atomic mass is 32.2. The van der Waals surface area contributed by atoms with E-state index in [0.717, 1.165) is 17.8 Å². The average molecular weight is 312 g/mol. The molecular formula is C15H11F3O2S. The smallest absolute Gasteiger partial charge is 0.417 e. The van der Waals surface area contributed by atoms with Gasteiger partial charge in [0.15, 0.2) is 0 Å². The van der Waals surface area contributed by atoms with Crippen LogP contribution in [0.25, 0.3) is 0 Å². The van der Waals surface area contributed by atoms with Gasteiger partial charge in [-0.05, 0) is 24.3 Å². The van der Waals surface area contributed by atoms with Gasteiger partial charge in [0, 0.05) is 10.5 Å². The van der Waals surface area contributed by atoms with Crippen molar-refractivity contribution >= 4 is 18.0 Å². The third kappa shape index (κ3) is 3.58. The molecule has 0 unspecified atom stereocenters. The van der Waals surface area contributed by atoms with E-state index in [1.807, 2.05) is 0 Å². The highest BCUT2D eigenvalue weighted by Crippen LogP contribution is 2.42. The lowest BCUT2D eigenvalue weighted by molar-refractivity contribution is -0.139. The van der Waals surface area contributed by atoms with E-state index in [1.165, 1.54) is 19.2 Å². The van der Waals surface area contributed by atoms with Crippen LogP contribution in [0.5, 0.6) is 5.75 Å². The Labute approximate surface area is 123 Å². The number of halogens is 3. The standard InChI is InChI=1S/C15H11F3O2S/c1-20-12-4-2-3-5-14(12)21-13-7-6-10(9-19)8-11(13)15(16,17)18/h2-9H,1H3. The summed E-state index contributed by atoms with van der Waals surface area (Å²) in [5.74, 6) is 0.495. The van der Waals surface area contributed by atoms with Crippen LogP contribution in [-0.2, 0) is 6.18 Å². The number of ether oxygens (including phenoxy) is 1. The van der Waals surface area contributed by atoms with Crippen molar-refractivity contribution in [3.8, 4) is 5.75 Å². The van der Waals surface area contributed by atoms with Crippen LogP contribution in [0.4, 0.5) is 13.2 Å². The third-order valence-corrected chi connectivity index (χ3v) is 3.87. The van der Waals surface area contributed by atoms with Gasteiger partial charge in [0.05, 0.1) is 17.6 Å². The lowest BCUT2D eigenvalue weighted by atomic mass is 10.1. The van der Waals surface area contributed by atoms with E-state index in [9.17, 15) is 18.0 Å². The number of hydrogen-bond acceptors (Lipinski definition) is 3. The number of aldehydes is 1. The van der Waals surface area contributed by atoms with Crippen molar-refractivity contribution in [3.63, 3.8) is 0 Å². The summed E-state index contributed by atoms with van der Waals surface area (Å²) in [6.07, 6.45) is -4.13. The number of para-hydroxylation sites is 1. The van der Waals surface area contributed by atoms with Gasteiger partial charge >= 0.3 is 6.18 Å². The van der Waals surface area contributed by atoms with E-state index in [4.69, 9.17) is 4.74 Å². The van der Waals surface area contributed by atoms with Crippen LogP contribution in [0.3, 0.4) is 0 Å². The average Bonchev–Trinajstić information content (AvgIpc) is 2.47. The summed E-state index contributed by atoms with van der Waals surface area (Å²) >= 11 is 0.951. The van der Waals surface area contributed by atoms with E-state index in [0.29, 0.717) is 16.9 Å². The van der Waals surface area contributed by atoms with E-state index < -0.39 is 11.7 Å². The third-order valence-electron chi connectivity index (χ3n) is 2.73. The fourth-order valence-electron chi connectivity index (χ4n) is 1.75. The Balaban J connectivity index is 2.46. The Hall–Kier alpha value is -1.95. The van der Waals surface area contributed by atoms with Crippen LogP contribution < -0.4 is 4.74 Å². The van der Waals surface area contributed by atoms with Gasteiger partial charge in [-0.25, -0.2) is 0 Å². The molecule has 0 bridgehead atoms. The van der Waals surface area contributed by atoms with Crippen LogP contribution in [0, 0.1) is 0 Å². The Morgan fingerprint density at radius 3 is 2.43 bits per heavy atom. The van der Waals surface area contributed by atoms with Crippen molar-refractivity contribution in [1.29, 1.82) is 0 Å². The summed E-state index contributed by atoms with van der Waals surface area (Å²) in [7, 11) is 1.46. The molecule has 0 saturated carbocycles. The molecule has 2 aromatic carbocycles. The minimum absolute atomic E-state index is 0.00768. The molecule has 0 aliphatic heterocycles. The molecule has 0 aliphatic rings. The van der Waals surface area contributed by atoms with E-state index >= 15 is 0 Å². The van der Waals surface area contributed by atoms with Crippen LogP contribution in [0.1, 0.15) is 15.9 Å². The zero-order valence-electron chi connectivity index (χ0n) is 11.0. The lowest BCUT2D eigenvalue weighted by Gasteiger charge is -2.14. The maximum Gasteiger partial charge on any atom is 0.417 e. The first kappa shape index (κ1) is 15.4. The van der Waals surface area contributed by atoms with Gasteiger partial charge in [-0.3, -0.25) is 4.79 Å². The molecule has 6 heteroatoms. The first-order valence-corrected chi connectivity index (χ1v) is 6.74. The number of carbonyl (C=O) groups is 1. The molecule has 0 fully saturated rings. The SMILES string of the molecule is COc1ccccc1Sc1ccc(C=O)cc1C(F)(F)F. The molecule has 21 heavy (non-hydrogen) atoms. The summed E-state index contributed by atoms with van der Waals surface area (Å²) in [5, 5.41) is 0. The van der Waals surface area contributed by atoms with Gasteiger partial charge in [0.2, 0.25) is 0 Å². The highest BCUT2D eigenvalue weighted by Gasteiger charge is 2.34. The first-order chi connectivity index (χ1) is 9.95. The van der Waals surface area contributed by atoms with E-state index in [-0.39, 0.29) is 10.5 Å². The monoisotopic (exact) mass is 312 g/mol. The van der Waals surface area contributed by atoms with E-state index in [2.05, 4.69) is 0 Å². The predicted molar refractivity (Wildman–Crippen MR) is 73.9 cm³/mol. The van der Waals surface area contributed by atoms with Crippen molar-refractivity contribution in [1.82, 2.24) is 0 Å². The van der Waals surface area contributed by atoms with Gasteiger partial charge in [0.1, 0.15) is 12.0 Å². The summed E-state index contributed by atoms with van der Waals surface area (Å²) in [6, 6.07) is 10.3. The topological polar surface area (TPSA) is 26.3 Å². The quantitative estimate of drug-likeness (QED) is 0.767. The number of methoxy groups -OCH3 is 1. The molecule has 0 aromatic heterocycles. The largest absolute Gasteiger partial charge is 0.496 e. The Morgan fingerprint density at radius 1 is 1.10 bits per heavy atom. The van der Waals surface area contributed by atoms with Crippen molar-refractivity contribution < 1.29 is 22.7 Å². The summed E-state index contributed by atoms with van der Waals surface area (Å²) in [4.78, 5) is 11.3. The predicted octanol–water partition coefficient (Wildman–Crippen LogP) is 4.68. The number of benzene rings is 2. The first-order valence-electron chi connectivity index (χ1n) is 5.93. The molecule has 0 spiro atoms. The summed E-state index contributed by atoms with van der Waals surface area (Å²) in [6.45, 7) is 0. The van der Waals surface area contributed by atoms with Crippen LogP contribution in [0.2, 0.25) is 0 Å². The molecule has 0 saturated heterocycles. The summed E-state index contributed by atoms with van der Waals surface area (Å²) in [5.41, 5.74) is -0.838. The minimum atomic E-state index is -4.52. The van der Waals surface area contributed by atoms with Crippen LogP contribution in [-0.4, -0.2) is 13.4 Å². The molecule has 0 atom stereocenters. The molecule has 0 aliphatic carbocycles. The van der Waals surface area contributed by atoms with Crippen molar-refractivity contribution in [2.75, 3.05) is 7.11 Å². The second-order valence-electron chi connectivity index (χ2n) is 4.12. The maximum atomic E-state index is 13.1. The molecule has 2 nitrogen and oxygen atoms in total. The van der Waals surface area contributed by atoms with Gasteiger partial charge in [0.25, 0.3) is 0 Å². The highest BCUT2D eigenvalue weighted by molar-refractivity contribution is 7.99. The second kappa shape index (κ2) is 6.22. The number of carbonyl (C=O) groups excluding carboxylic acids is 1. The molecular weight excluding hydrogens is 301 g/mol. The van der Waals surface area contributed by atoms with Crippen molar-refractivity contribution in [3.05, 3.63) is 53.6 Å². The maximum absolute atomic E-state index is 13.1. The molecule has 2 rings (SSSR count). The molecule has 0 amide bonds. The normalized spacial score (nSPS) is 11.2. The second-order valence-corrected chi connectivity index (χ2v) is 5.21. The molecule has 0 heterocycles. The fourth-order valence-corrected chi connectivity index (χ4v) is 2.81. The van der Waals surface area contributed by atoms with Gasteiger partial charge in [-0.1, -0.05) is 30.0 Å². The number of hydrogen-bond donors (Lipinski definition) is 0. The van der Waals surface area contributed by atoms with Gasteiger partial charge in [-0.2, -0.15) is 13.2 Å². The molecule has 110 valence electrons. The van der Waals surface area contributed by atoms with Crippen LogP contribution >= 0.6 is 11.8 Å². The van der Waals surface area contributed by atoms with Gasteiger partial charge in [-0.15, -0.1) is 0 Å². The van der Waals surface area contributed by atoms with Crippen molar-refractivity contribution in [2.45, 2.75) is 16.0 Å². The van der Waals surface area contributed by atoms with Crippen molar-refractivity contribution in [2.24, 2.45) is 0 Å². The molecule has 0 radical (unpaired) electrons. The number of rotatable bonds is 4.